The van der Waals surface area contributed by atoms with E-state index in [0.29, 0.717) is 17.7 Å². The summed E-state index contributed by atoms with van der Waals surface area (Å²) in [4.78, 5) is 39.6. The lowest BCUT2D eigenvalue weighted by atomic mass is 10.0. The number of hydrogen-bond acceptors (Lipinski definition) is 7. The number of fused-ring (bicyclic) bond motifs is 2. The van der Waals surface area contributed by atoms with Crippen molar-refractivity contribution < 1.29 is 9.59 Å². The summed E-state index contributed by atoms with van der Waals surface area (Å²) >= 11 is 0. The van der Waals surface area contributed by atoms with E-state index < -0.39 is 0 Å². The number of H-pyrrole nitrogens is 1. The quantitative estimate of drug-likeness (QED) is 0.474. The van der Waals surface area contributed by atoms with Crippen LogP contribution in [0, 0.1) is 25.7 Å². The molecule has 2 amide bonds. The van der Waals surface area contributed by atoms with Crippen LogP contribution in [0.1, 0.15) is 11.3 Å². The van der Waals surface area contributed by atoms with E-state index in [1.54, 1.807) is 6.20 Å². The Kier molecular flexibility index (Phi) is 5.32. The molecule has 3 aromatic heterocycles. The van der Waals surface area contributed by atoms with Gasteiger partial charge in [-0.15, -0.1) is 0 Å². The van der Waals surface area contributed by atoms with Crippen molar-refractivity contribution in [3.63, 3.8) is 0 Å². The Morgan fingerprint density at radius 2 is 2.07 bits per heavy atom. The second kappa shape index (κ2) is 8.07. The van der Waals surface area contributed by atoms with Crippen LogP contribution in [0.3, 0.4) is 0 Å². The number of aromatic amines is 1. The Hall–Kier alpha value is -3.53. The number of rotatable bonds is 3. The van der Waals surface area contributed by atoms with Crippen LogP contribution in [0.15, 0.2) is 24.5 Å². The second-order valence-corrected chi connectivity index (χ2v) is 7.46. The van der Waals surface area contributed by atoms with E-state index in [1.165, 1.54) is 0 Å². The van der Waals surface area contributed by atoms with E-state index in [0.717, 1.165) is 47.6 Å². The molecule has 30 heavy (non-hydrogen) atoms. The Morgan fingerprint density at radius 3 is 2.77 bits per heavy atom. The first-order chi connectivity index (χ1) is 14.5. The molecule has 5 N–H and O–H groups in total. The zero-order valence-electron chi connectivity index (χ0n) is 16.8. The summed E-state index contributed by atoms with van der Waals surface area (Å²) in [7, 11) is 0. The Morgan fingerprint density at radius 1 is 1.27 bits per heavy atom. The third-order valence-electron chi connectivity index (χ3n) is 5.55. The van der Waals surface area contributed by atoms with Gasteiger partial charge in [-0.05, 0) is 31.5 Å². The zero-order chi connectivity index (χ0) is 21.3. The number of primary amides is 1. The highest BCUT2D eigenvalue weighted by molar-refractivity contribution is 5.98. The van der Waals surface area contributed by atoms with Gasteiger partial charge >= 0.3 is 0 Å². The number of carbonyl (C=O) groups excluding carboxylic acids is 2. The van der Waals surface area contributed by atoms with Gasteiger partial charge in [-0.1, -0.05) is 0 Å². The lowest BCUT2D eigenvalue weighted by Crippen LogP contribution is -2.30. The van der Waals surface area contributed by atoms with Crippen molar-refractivity contribution in [3.8, 4) is 0 Å². The Balaban J connectivity index is 0.000000687. The number of hydrogen-bond donors (Lipinski definition) is 4. The van der Waals surface area contributed by atoms with Crippen LogP contribution in [0.25, 0.3) is 11.0 Å². The topological polar surface area (TPSA) is 142 Å². The number of nitrogens with two attached hydrogens (primary N) is 1. The summed E-state index contributed by atoms with van der Waals surface area (Å²) < 4.78 is 0. The van der Waals surface area contributed by atoms with Crippen molar-refractivity contribution in [1.29, 1.82) is 0 Å². The average Bonchev–Trinajstić information content (AvgIpc) is 3.40. The van der Waals surface area contributed by atoms with Gasteiger partial charge < -0.3 is 26.3 Å². The molecule has 0 aromatic carbocycles. The Labute approximate surface area is 173 Å². The molecule has 2 fully saturated rings. The summed E-state index contributed by atoms with van der Waals surface area (Å²) in [6.07, 6.45) is 3.92. The molecule has 0 spiro atoms. The molecule has 0 bridgehead atoms. The smallest absolute Gasteiger partial charge is 0.231 e. The molecule has 10 nitrogen and oxygen atoms in total. The fourth-order valence-corrected chi connectivity index (χ4v) is 4.16. The standard InChI is InChI=1S/C19H21N7O.CH3NO/c1-10-5-22-17-16(10)11(2)23-19(25-17)24-15-4-3-13(7-21-15)26-9-12-6-20-8-14(12)18(26)27;2-1-3/h3-5,7,12,14,20H,6,8-9H2,1-2H3,(H2,21,22,23,24,25);1H,(H2,2,3)/t12-,14-;/m1./s1. The monoisotopic (exact) mass is 408 g/mol. The van der Waals surface area contributed by atoms with E-state index in [-0.39, 0.29) is 18.2 Å². The fourth-order valence-electron chi connectivity index (χ4n) is 4.16. The molecule has 5 heterocycles. The first-order valence-corrected chi connectivity index (χ1v) is 9.74. The molecule has 2 saturated heterocycles. The lowest BCUT2D eigenvalue weighted by Gasteiger charge is -2.17. The van der Waals surface area contributed by atoms with Gasteiger partial charge in [0, 0.05) is 37.1 Å². The van der Waals surface area contributed by atoms with Crippen LogP contribution in [0.2, 0.25) is 0 Å². The summed E-state index contributed by atoms with van der Waals surface area (Å²) in [6, 6.07) is 3.78. The van der Waals surface area contributed by atoms with Crippen molar-refractivity contribution >= 4 is 40.8 Å². The van der Waals surface area contributed by atoms with Crippen LogP contribution in [-0.2, 0) is 9.59 Å². The predicted molar refractivity (Wildman–Crippen MR) is 113 cm³/mol. The second-order valence-electron chi connectivity index (χ2n) is 7.46. The summed E-state index contributed by atoms with van der Waals surface area (Å²) in [5.41, 5.74) is 7.86. The average molecular weight is 408 g/mol. The van der Waals surface area contributed by atoms with Crippen LogP contribution in [0.4, 0.5) is 17.5 Å². The predicted octanol–water partition coefficient (Wildman–Crippen LogP) is 0.997. The molecule has 2 aliphatic rings. The van der Waals surface area contributed by atoms with E-state index in [1.807, 2.05) is 37.1 Å². The Bertz CT molecular complexity index is 1080. The number of amides is 2. The molecule has 0 unspecified atom stereocenters. The maximum Gasteiger partial charge on any atom is 0.231 e. The van der Waals surface area contributed by atoms with Gasteiger partial charge in [0.05, 0.1) is 23.5 Å². The molecule has 0 radical (unpaired) electrons. The third kappa shape index (κ3) is 3.57. The van der Waals surface area contributed by atoms with Gasteiger partial charge in [0.2, 0.25) is 18.3 Å². The van der Waals surface area contributed by atoms with Crippen LogP contribution >= 0.6 is 0 Å². The molecule has 156 valence electrons. The maximum absolute atomic E-state index is 12.5. The molecule has 3 aromatic rings. The van der Waals surface area contributed by atoms with E-state index >= 15 is 0 Å². The molecular formula is C20H24N8O2. The molecule has 2 aliphatic heterocycles. The van der Waals surface area contributed by atoms with Gasteiger partial charge in [0.25, 0.3) is 0 Å². The molecule has 5 rings (SSSR count). The van der Waals surface area contributed by atoms with Crippen LogP contribution in [-0.4, -0.2) is 51.9 Å². The largest absolute Gasteiger partial charge is 0.372 e. The van der Waals surface area contributed by atoms with Gasteiger partial charge in [-0.3, -0.25) is 9.59 Å². The summed E-state index contributed by atoms with van der Waals surface area (Å²) in [5, 5.41) is 7.49. The number of pyridine rings is 1. The fraction of sp³-hybridized carbons (Fsp3) is 0.350. The molecule has 0 saturated carbocycles. The van der Waals surface area contributed by atoms with Crippen LogP contribution < -0.4 is 21.3 Å². The van der Waals surface area contributed by atoms with Crippen molar-refractivity contribution in [2.45, 2.75) is 13.8 Å². The molecular weight excluding hydrogens is 384 g/mol. The number of carbonyl (C=O) groups is 2. The van der Waals surface area contributed by atoms with Gasteiger partial charge in [0.1, 0.15) is 11.5 Å². The van der Waals surface area contributed by atoms with Crippen molar-refractivity contribution in [1.82, 2.24) is 25.3 Å². The summed E-state index contributed by atoms with van der Waals surface area (Å²) in [6.45, 7) is 6.46. The van der Waals surface area contributed by atoms with Gasteiger partial charge in [0.15, 0.2) is 0 Å². The number of aromatic nitrogens is 4. The minimum atomic E-state index is 0.107. The number of aryl methyl sites for hydroxylation is 2. The molecule has 0 aliphatic carbocycles. The number of anilines is 3. The van der Waals surface area contributed by atoms with Gasteiger partial charge in [-0.2, -0.15) is 4.98 Å². The maximum atomic E-state index is 12.5. The lowest BCUT2D eigenvalue weighted by molar-refractivity contribution is -0.120. The highest BCUT2D eigenvalue weighted by Crippen LogP contribution is 2.32. The first kappa shape index (κ1) is 19.8. The minimum absolute atomic E-state index is 0.107. The molecule has 10 heteroatoms. The molecule has 2 atom stereocenters. The van der Waals surface area contributed by atoms with E-state index in [9.17, 15) is 4.79 Å². The van der Waals surface area contributed by atoms with Gasteiger partial charge in [-0.25, -0.2) is 9.97 Å². The van der Waals surface area contributed by atoms with Crippen LogP contribution in [0.5, 0.6) is 0 Å². The SMILES string of the molecule is Cc1c[nH]c2nc(Nc3ccc(N4C[C@H]5CNC[C@H]5C4=O)cn3)nc(C)c12.NC=O. The van der Waals surface area contributed by atoms with E-state index in [4.69, 9.17) is 4.79 Å². The normalized spacial score (nSPS) is 20.1. The van der Waals surface area contributed by atoms with Crippen molar-refractivity contribution in [2.75, 3.05) is 29.9 Å². The summed E-state index contributed by atoms with van der Waals surface area (Å²) in [5.74, 6) is 1.85. The van der Waals surface area contributed by atoms with Crippen molar-refractivity contribution in [2.24, 2.45) is 17.6 Å². The third-order valence-corrected chi connectivity index (χ3v) is 5.55. The highest BCUT2D eigenvalue weighted by Gasteiger charge is 2.43. The number of nitrogens with one attached hydrogen (secondary N) is 3. The number of nitrogens with zero attached hydrogens (tertiary/aromatic N) is 4. The van der Waals surface area contributed by atoms with Crippen molar-refractivity contribution in [3.05, 3.63) is 35.8 Å². The zero-order valence-corrected chi connectivity index (χ0v) is 16.8. The minimum Gasteiger partial charge on any atom is -0.372 e. The highest BCUT2D eigenvalue weighted by atomic mass is 16.2. The first-order valence-electron chi connectivity index (χ1n) is 9.74. The van der Waals surface area contributed by atoms with E-state index in [2.05, 4.69) is 36.3 Å².